The van der Waals surface area contributed by atoms with Gasteiger partial charge in [0.1, 0.15) is 12.4 Å². The Morgan fingerprint density at radius 1 is 1.12 bits per heavy atom. The van der Waals surface area contributed by atoms with Crippen LogP contribution < -0.4 is 26.9 Å². The van der Waals surface area contributed by atoms with Crippen molar-refractivity contribution in [3.05, 3.63) is 74.9 Å². The molecular formula is C22H23ClF3N7O6S. The van der Waals surface area contributed by atoms with Gasteiger partial charge in [0, 0.05) is 29.2 Å². The van der Waals surface area contributed by atoms with Crippen molar-refractivity contribution in [1.29, 1.82) is 0 Å². The second-order valence-electron chi connectivity index (χ2n) is 7.88. The molecule has 0 saturated heterocycles. The van der Waals surface area contributed by atoms with Crippen LogP contribution in [-0.2, 0) is 32.7 Å². The van der Waals surface area contributed by atoms with Crippen LogP contribution in [0.2, 0.25) is 5.02 Å². The van der Waals surface area contributed by atoms with Crippen molar-refractivity contribution < 1.29 is 36.3 Å². The highest BCUT2D eigenvalue weighted by Crippen LogP contribution is 2.14. The molecule has 0 spiro atoms. The number of nitrogens with zero attached hydrogens (tertiary/aromatic N) is 3. The number of aliphatic carboxylic acids is 1. The van der Waals surface area contributed by atoms with Gasteiger partial charge in [-0.15, -0.1) is 4.83 Å². The molecule has 2 heterocycles. The monoisotopic (exact) mass is 605 g/mol. The molecule has 0 unspecified atom stereocenters. The van der Waals surface area contributed by atoms with Gasteiger partial charge in [-0.05, 0) is 49.7 Å². The van der Waals surface area contributed by atoms with Gasteiger partial charge >= 0.3 is 12.1 Å². The highest BCUT2D eigenvalue weighted by atomic mass is 35.5. The normalized spacial score (nSPS) is 11.2. The highest BCUT2D eigenvalue weighted by Gasteiger charge is 2.38. The standard InChI is InChI=1S/C20H22ClN7O4S.C2HF3O2/c1-12-9-24-19(26-27-33(31,32)16-6-4-15(21)5-7-16)20(30)28(12)11-18(29)23-10-14-3-8-17(22)25-13(14)2;3-2(4,5)1(6)7/h3-9,27H,10-11H2,1-2H3,(H2,22,25)(H,23,29)(H,24,26);(H,6,7). The first-order valence-electron chi connectivity index (χ1n) is 10.9. The summed E-state index contributed by atoms with van der Waals surface area (Å²) in [5.41, 5.74) is 9.16. The molecule has 6 N–H and O–H groups in total. The zero-order valence-electron chi connectivity index (χ0n) is 20.8. The molecule has 18 heteroatoms. The fourth-order valence-electron chi connectivity index (χ4n) is 2.83. The lowest BCUT2D eigenvalue weighted by Gasteiger charge is -2.13. The summed E-state index contributed by atoms with van der Waals surface area (Å²) in [6, 6.07) is 8.87. The number of hydrogen-bond donors (Lipinski definition) is 5. The number of amides is 1. The van der Waals surface area contributed by atoms with Crippen LogP contribution in [0.4, 0.5) is 24.8 Å². The zero-order valence-corrected chi connectivity index (χ0v) is 22.4. The van der Waals surface area contributed by atoms with Crippen LogP contribution in [0.5, 0.6) is 0 Å². The topological polar surface area (TPSA) is 198 Å². The highest BCUT2D eigenvalue weighted by molar-refractivity contribution is 7.89. The Morgan fingerprint density at radius 3 is 2.27 bits per heavy atom. The molecule has 0 fully saturated rings. The fourth-order valence-corrected chi connectivity index (χ4v) is 3.80. The van der Waals surface area contributed by atoms with Crippen molar-refractivity contribution in [3.8, 4) is 0 Å². The number of hydrogen-bond acceptors (Lipinski definition) is 9. The molecule has 1 aromatic carbocycles. The van der Waals surface area contributed by atoms with Crippen molar-refractivity contribution in [2.24, 2.45) is 0 Å². The number of anilines is 2. The Morgan fingerprint density at radius 2 is 1.73 bits per heavy atom. The molecule has 13 nitrogen and oxygen atoms in total. The van der Waals surface area contributed by atoms with E-state index in [4.69, 9.17) is 27.2 Å². The summed E-state index contributed by atoms with van der Waals surface area (Å²) >= 11 is 5.77. The molecule has 40 heavy (non-hydrogen) atoms. The number of sulfonamides is 1. The SMILES string of the molecule is Cc1nc(N)ccc1CNC(=O)Cn1c(C)cnc(NNS(=O)(=O)c2ccc(Cl)cc2)c1=O.O=C(O)C(F)(F)F. The largest absolute Gasteiger partial charge is 0.490 e. The molecule has 0 saturated carbocycles. The number of benzene rings is 1. The third-order valence-electron chi connectivity index (χ3n) is 4.92. The number of carboxylic acid groups (broad SMARTS) is 1. The number of alkyl halides is 3. The second-order valence-corrected chi connectivity index (χ2v) is 10.0. The van der Waals surface area contributed by atoms with Crippen LogP contribution in [0, 0.1) is 13.8 Å². The van der Waals surface area contributed by atoms with Crippen LogP contribution in [0.1, 0.15) is 17.0 Å². The number of carbonyl (C=O) groups is 2. The fraction of sp³-hybridized carbons (Fsp3) is 0.227. The summed E-state index contributed by atoms with van der Waals surface area (Å²) in [6.45, 7) is 3.31. The molecule has 1 amide bonds. The summed E-state index contributed by atoms with van der Waals surface area (Å²) in [5.74, 6) is -3.08. The van der Waals surface area contributed by atoms with E-state index in [9.17, 15) is 31.2 Å². The van der Waals surface area contributed by atoms with Gasteiger partial charge in [-0.3, -0.25) is 19.6 Å². The van der Waals surface area contributed by atoms with E-state index in [2.05, 4.69) is 25.5 Å². The minimum Gasteiger partial charge on any atom is -0.475 e. The van der Waals surface area contributed by atoms with Gasteiger partial charge in [-0.25, -0.2) is 23.2 Å². The maximum Gasteiger partial charge on any atom is 0.490 e. The van der Waals surface area contributed by atoms with E-state index in [0.29, 0.717) is 22.2 Å². The van der Waals surface area contributed by atoms with Gasteiger partial charge in [-0.1, -0.05) is 17.7 Å². The minimum atomic E-state index is -5.08. The molecule has 3 aromatic rings. The first-order chi connectivity index (χ1) is 18.5. The van der Waals surface area contributed by atoms with E-state index in [1.54, 1.807) is 26.0 Å². The number of nitrogens with two attached hydrogens (primary N) is 1. The summed E-state index contributed by atoms with van der Waals surface area (Å²) in [4.78, 5) is 44.2. The van der Waals surface area contributed by atoms with Gasteiger partial charge in [0.2, 0.25) is 11.7 Å². The van der Waals surface area contributed by atoms with E-state index >= 15 is 0 Å². The van der Waals surface area contributed by atoms with E-state index in [1.165, 1.54) is 35.0 Å². The average molecular weight is 606 g/mol. The molecule has 216 valence electrons. The van der Waals surface area contributed by atoms with Crippen LogP contribution >= 0.6 is 11.6 Å². The first-order valence-corrected chi connectivity index (χ1v) is 12.8. The van der Waals surface area contributed by atoms with E-state index < -0.39 is 33.6 Å². The maximum atomic E-state index is 12.8. The number of halogens is 4. The number of nitrogen functional groups attached to an aromatic ring is 1. The Bertz CT molecular complexity index is 1550. The summed E-state index contributed by atoms with van der Waals surface area (Å²) in [7, 11) is -3.99. The molecule has 0 radical (unpaired) electrons. The Labute approximate surface area is 230 Å². The number of aryl methyl sites for hydroxylation is 2. The average Bonchev–Trinajstić information content (AvgIpc) is 2.85. The van der Waals surface area contributed by atoms with Gasteiger partial charge in [0.15, 0.2) is 0 Å². The molecule has 2 aromatic heterocycles. The third kappa shape index (κ3) is 9.21. The van der Waals surface area contributed by atoms with Crippen LogP contribution in [-0.4, -0.2) is 46.1 Å². The molecular weight excluding hydrogens is 583 g/mol. The molecule has 0 bridgehead atoms. The lowest BCUT2D eigenvalue weighted by atomic mass is 10.2. The predicted octanol–water partition coefficient (Wildman–Crippen LogP) is 1.75. The number of carbonyl (C=O) groups excluding carboxylic acids is 1. The Kier molecular flexibility index (Phi) is 10.6. The summed E-state index contributed by atoms with van der Waals surface area (Å²) in [6.07, 6.45) is -3.73. The first kappa shape index (κ1) is 32.0. The third-order valence-corrected chi connectivity index (χ3v) is 6.43. The van der Waals surface area contributed by atoms with Crippen LogP contribution in [0.15, 0.2) is 52.3 Å². The van der Waals surface area contributed by atoms with E-state index in [-0.39, 0.29) is 23.8 Å². The van der Waals surface area contributed by atoms with Crippen LogP contribution in [0.25, 0.3) is 0 Å². The smallest absolute Gasteiger partial charge is 0.475 e. The number of nitrogens with one attached hydrogen (secondary N) is 3. The van der Waals surface area contributed by atoms with Crippen molar-refractivity contribution in [2.75, 3.05) is 11.2 Å². The Balaban J connectivity index is 0.000000708. The van der Waals surface area contributed by atoms with Crippen LogP contribution in [0.3, 0.4) is 0 Å². The summed E-state index contributed by atoms with van der Waals surface area (Å²) in [5, 5.41) is 10.2. The van der Waals surface area contributed by atoms with Gasteiger partial charge in [0.05, 0.1) is 4.90 Å². The number of rotatable bonds is 8. The molecule has 0 aliphatic heterocycles. The van der Waals surface area contributed by atoms with Crippen molar-refractivity contribution in [2.45, 2.75) is 38.0 Å². The minimum absolute atomic E-state index is 0.0568. The van der Waals surface area contributed by atoms with Gasteiger partial charge in [-0.2, -0.15) is 13.2 Å². The zero-order chi connectivity index (χ0) is 30.3. The van der Waals surface area contributed by atoms with Gasteiger partial charge in [0.25, 0.3) is 15.6 Å². The van der Waals surface area contributed by atoms with E-state index in [0.717, 1.165) is 5.56 Å². The van der Waals surface area contributed by atoms with E-state index in [1.807, 2.05) is 0 Å². The number of carboxylic acids is 1. The number of pyridine rings is 1. The quantitative estimate of drug-likeness (QED) is 0.236. The number of hydrazine groups is 1. The summed E-state index contributed by atoms with van der Waals surface area (Å²) < 4.78 is 57.7. The lowest BCUT2D eigenvalue weighted by Crippen LogP contribution is -2.38. The van der Waals surface area contributed by atoms with Crippen molar-refractivity contribution in [3.63, 3.8) is 0 Å². The Hall–Kier alpha value is -4.22. The lowest BCUT2D eigenvalue weighted by molar-refractivity contribution is -0.192. The predicted molar refractivity (Wildman–Crippen MR) is 138 cm³/mol. The molecule has 0 atom stereocenters. The maximum absolute atomic E-state index is 12.8. The van der Waals surface area contributed by atoms with Crippen molar-refractivity contribution in [1.82, 2.24) is 24.7 Å². The molecule has 0 aliphatic rings. The molecule has 3 rings (SSSR count). The molecule has 0 aliphatic carbocycles. The number of aromatic nitrogens is 3. The second kappa shape index (κ2) is 13.2. The van der Waals surface area contributed by atoms with Crippen molar-refractivity contribution >= 4 is 45.1 Å². The van der Waals surface area contributed by atoms with Gasteiger partial charge < -0.3 is 16.2 Å².